The fraction of sp³-hybridized carbons (Fsp3) is 0.364. The number of nitrogens with one attached hydrogen (secondary N) is 1. The van der Waals surface area contributed by atoms with E-state index in [0.717, 1.165) is 0 Å². The molecule has 1 fully saturated rings. The second kappa shape index (κ2) is 8.65. The fourth-order valence-corrected chi connectivity index (χ4v) is 3.45. The average molecular weight is 439 g/mol. The smallest absolute Gasteiger partial charge is 0.256 e. The number of benzene rings is 1. The summed E-state index contributed by atoms with van der Waals surface area (Å²) in [5, 5.41) is 12.3. The predicted molar refractivity (Wildman–Crippen MR) is 116 cm³/mol. The van der Waals surface area contributed by atoms with Crippen molar-refractivity contribution in [2.75, 3.05) is 11.9 Å². The Morgan fingerprint density at radius 1 is 1.31 bits per heavy atom. The summed E-state index contributed by atoms with van der Waals surface area (Å²) >= 11 is 0. The minimum Gasteiger partial charge on any atom is -0.465 e. The standard InChI is InChI=1S/C22H25N5O5/c1-13(10-28)30-21(17-14(2)31-22(3,4)32-17)27-12-25-16-18(23-11-24-19(16)27)26-20(29)15-8-6-5-7-9-15/h5-9,11-13,17,21,28H,2,10H2,1,3-4H3,(H,23,24,26,29)/t13?,17-,21?/m0/s1. The molecular weight excluding hydrogens is 414 g/mol. The van der Waals surface area contributed by atoms with E-state index in [0.29, 0.717) is 22.5 Å². The maximum atomic E-state index is 12.6. The molecule has 10 heteroatoms. The van der Waals surface area contributed by atoms with Crippen LogP contribution in [0.5, 0.6) is 0 Å². The minimum absolute atomic E-state index is 0.195. The van der Waals surface area contributed by atoms with Gasteiger partial charge in [-0.15, -0.1) is 0 Å². The Kier molecular flexibility index (Phi) is 5.92. The van der Waals surface area contributed by atoms with Crippen LogP contribution in [0.1, 0.15) is 37.4 Å². The molecule has 0 saturated carbocycles. The van der Waals surface area contributed by atoms with Crippen LogP contribution in [0.25, 0.3) is 11.2 Å². The molecule has 0 radical (unpaired) electrons. The summed E-state index contributed by atoms with van der Waals surface area (Å²) < 4.78 is 19.4. The zero-order valence-electron chi connectivity index (χ0n) is 18.1. The van der Waals surface area contributed by atoms with Crippen LogP contribution in [0.2, 0.25) is 0 Å². The third-order valence-electron chi connectivity index (χ3n) is 4.89. The second-order valence-electron chi connectivity index (χ2n) is 7.89. The maximum Gasteiger partial charge on any atom is 0.256 e. The van der Waals surface area contributed by atoms with E-state index in [1.165, 1.54) is 12.7 Å². The zero-order valence-corrected chi connectivity index (χ0v) is 18.1. The van der Waals surface area contributed by atoms with E-state index < -0.39 is 24.2 Å². The number of anilines is 1. The van der Waals surface area contributed by atoms with Crippen LogP contribution in [0.4, 0.5) is 5.82 Å². The monoisotopic (exact) mass is 439 g/mol. The summed E-state index contributed by atoms with van der Waals surface area (Å²) in [6.07, 6.45) is 0.904. The maximum absolute atomic E-state index is 12.6. The summed E-state index contributed by atoms with van der Waals surface area (Å²) in [6, 6.07) is 8.80. The average Bonchev–Trinajstić information content (AvgIpc) is 3.32. The van der Waals surface area contributed by atoms with Gasteiger partial charge in [-0.1, -0.05) is 24.8 Å². The van der Waals surface area contributed by atoms with Gasteiger partial charge in [0.15, 0.2) is 29.3 Å². The van der Waals surface area contributed by atoms with Crippen molar-refractivity contribution in [3.8, 4) is 0 Å². The number of imidazole rings is 1. The van der Waals surface area contributed by atoms with Crippen LogP contribution in [-0.4, -0.2) is 55.1 Å². The van der Waals surface area contributed by atoms with Gasteiger partial charge in [0.25, 0.3) is 5.91 Å². The first-order valence-corrected chi connectivity index (χ1v) is 10.1. The van der Waals surface area contributed by atoms with Gasteiger partial charge in [0.2, 0.25) is 5.79 Å². The molecule has 0 bridgehead atoms. The molecule has 1 aliphatic rings. The van der Waals surface area contributed by atoms with Gasteiger partial charge in [0.1, 0.15) is 12.1 Å². The molecular formula is C22H25N5O5. The third-order valence-corrected chi connectivity index (χ3v) is 4.89. The van der Waals surface area contributed by atoms with Crippen LogP contribution in [0, 0.1) is 0 Å². The van der Waals surface area contributed by atoms with E-state index in [4.69, 9.17) is 14.2 Å². The van der Waals surface area contributed by atoms with E-state index in [-0.39, 0.29) is 18.3 Å². The number of hydrogen-bond donors (Lipinski definition) is 2. The molecule has 2 unspecified atom stereocenters. The van der Waals surface area contributed by atoms with Gasteiger partial charge in [0, 0.05) is 19.4 Å². The fourth-order valence-electron chi connectivity index (χ4n) is 3.45. The lowest BCUT2D eigenvalue weighted by Gasteiger charge is -2.27. The highest BCUT2D eigenvalue weighted by Crippen LogP contribution is 2.38. The van der Waals surface area contributed by atoms with Crippen LogP contribution < -0.4 is 5.32 Å². The second-order valence-corrected chi connectivity index (χ2v) is 7.89. The first-order chi connectivity index (χ1) is 15.3. The molecule has 0 spiro atoms. The van der Waals surface area contributed by atoms with Crippen molar-refractivity contribution < 1.29 is 24.1 Å². The zero-order chi connectivity index (χ0) is 22.9. The highest BCUT2D eigenvalue weighted by Gasteiger charge is 2.43. The summed E-state index contributed by atoms with van der Waals surface area (Å²) in [4.78, 5) is 25.5. The Balaban J connectivity index is 1.70. The first-order valence-electron chi connectivity index (χ1n) is 10.1. The summed E-state index contributed by atoms with van der Waals surface area (Å²) in [7, 11) is 0. The van der Waals surface area contributed by atoms with E-state index >= 15 is 0 Å². The van der Waals surface area contributed by atoms with E-state index in [9.17, 15) is 9.90 Å². The van der Waals surface area contributed by atoms with E-state index in [1.807, 2.05) is 6.07 Å². The molecule has 4 rings (SSSR count). The number of rotatable bonds is 7. The van der Waals surface area contributed by atoms with Gasteiger partial charge in [-0.05, 0) is 19.1 Å². The first kappa shape index (κ1) is 21.9. The van der Waals surface area contributed by atoms with Gasteiger partial charge >= 0.3 is 0 Å². The largest absolute Gasteiger partial charge is 0.465 e. The molecule has 2 aromatic heterocycles. The quantitative estimate of drug-likeness (QED) is 0.576. The third kappa shape index (κ3) is 4.33. The number of aromatic nitrogens is 4. The normalized spacial score (nSPS) is 19.5. The number of aliphatic hydroxyl groups excluding tert-OH is 1. The van der Waals surface area contributed by atoms with Crippen molar-refractivity contribution >= 4 is 22.9 Å². The number of amides is 1. The molecule has 168 valence electrons. The number of aliphatic hydroxyl groups is 1. The molecule has 10 nitrogen and oxygen atoms in total. The summed E-state index contributed by atoms with van der Waals surface area (Å²) in [5.74, 6) is -0.547. The number of carbonyl (C=O) groups excluding carboxylic acids is 1. The Bertz CT molecular complexity index is 1130. The Labute approximate surface area is 184 Å². The molecule has 32 heavy (non-hydrogen) atoms. The van der Waals surface area contributed by atoms with Crippen molar-refractivity contribution in [2.45, 2.75) is 45.0 Å². The van der Waals surface area contributed by atoms with Gasteiger partial charge in [-0.25, -0.2) is 15.0 Å². The number of ether oxygens (including phenoxy) is 3. The molecule has 1 aromatic carbocycles. The highest BCUT2D eigenvalue weighted by molar-refractivity contribution is 6.06. The minimum atomic E-state index is -0.883. The van der Waals surface area contributed by atoms with Crippen molar-refractivity contribution in [2.24, 2.45) is 0 Å². The Hall–Kier alpha value is -3.34. The molecule has 3 heterocycles. The van der Waals surface area contributed by atoms with Crippen molar-refractivity contribution in [1.29, 1.82) is 0 Å². The summed E-state index contributed by atoms with van der Waals surface area (Å²) in [5.41, 5.74) is 1.29. The predicted octanol–water partition coefficient (Wildman–Crippen LogP) is 2.64. The topological polar surface area (TPSA) is 121 Å². The number of nitrogens with zero attached hydrogens (tertiary/aromatic N) is 4. The summed E-state index contributed by atoms with van der Waals surface area (Å²) in [6.45, 7) is 9.04. The van der Waals surface area contributed by atoms with Crippen LogP contribution >= 0.6 is 0 Å². The van der Waals surface area contributed by atoms with Gasteiger partial charge in [0.05, 0.1) is 19.0 Å². The SMILES string of the molecule is C=C1OC(C)(C)O[C@@H]1C(OC(C)CO)n1cnc2c(NC(=O)c3ccccc3)ncnc21. The number of fused-ring (bicyclic) bond motifs is 1. The Morgan fingerprint density at radius 3 is 2.72 bits per heavy atom. The van der Waals surface area contributed by atoms with Crippen LogP contribution in [-0.2, 0) is 14.2 Å². The molecule has 3 atom stereocenters. The highest BCUT2D eigenvalue weighted by atomic mass is 16.8. The lowest BCUT2D eigenvalue weighted by atomic mass is 10.2. The number of hydrogen-bond acceptors (Lipinski definition) is 8. The molecule has 0 aliphatic carbocycles. The number of carbonyl (C=O) groups is 1. The van der Waals surface area contributed by atoms with E-state index in [1.54, 1.807) is 49.6 Å². The van der Waals surface area contributed by atoms with E-state index in [2.05, 4.69) is 26.8 Å². The lowest BCUT2D eigenvalue weighted by Crippen LogP contribution is -2.33. The van der Waals surface area contributed by atoms with Crippen molar-refractivity contribution in [3.05, 3.63) is 60.9 Å². The van der Waals surface area contributed by atoms with Crippen molar-refractivity contribution in [3.63, 3.8) is 0 Å². The van der Waals surface area contributed by atoms with Gasteiger partial charge in [-0.3, -0.25) is 9.36 Å². The lowest BCUT2D eigenvalue weighted by molar-refractivity contribution is -0.178. The van der Waals surface area contributed by atoms with Gasteiger partial charge < -0.3 is 24.6 Å². The molecule has 2 N–H and O–H groups in total. The van der Waals surface area contributed by atoms with Gasteiger partial charge in [-0.2, -0.15) is 0 Å². The van der Waals surface area contributed by atoms with Crippen LogP contribution in [0.15, 0.2) is 55.3 Å². The molecule has 1 saturated heterocycles. The molecule has 1 amide bonds. The molecule has 1 aliphatic heterocycles. The molecule has 3 aromatic rings. The van der Waals surface area contributed by atoms with Crippen LogP contribution in [0.3, 0.4) is 0 Å². The van der Waals surface area contributed by atoms with Crippen molar-refractivity contribution in [1.82, 2.24) is 19.5 Å². The Morgan fingerprint density at radius 2 is 2.06 bits per heavy atom.